The molecule has 0 radical (unpaired) electrons. The average molecular weight is 757 g/mol. The van der Waals surface area contributed by atoms with Gasteiger partial charge < -0.3 is 34.9 Å². The first-order chi connectivity index (χ1) is 27.4. The van der Waals surface area contributed by atoms with Crippen molar-refractivity contribution in [3.63, 3.8) is 0 Å². The van der Waals surface area contributed by atoms with Crippen molar-refractivity contribution in [1.82, 2.24) is 25.5 Å². The molecule has 0 spiro atoms. The van der Waals surface area contributed by atoms with E-state index in [1.165, 1.54) is 7.11 Å². The number of urea groups is 1. The van der Waals surface area contributed by atoms with Gasteiger partial charge in [0, 0.05) is 70.1 Å². The third kappa shape index (κ3) is 10.1. The van der Waals surface area contributed by atoms with Gasteiger partial charge in [-0.3, -0.25) is 4.90 Å². The van der Waals surface area contributed by atoms with Crippen LogP contribution in [0, 0.1) is 0 Å². The SMILES string of the molecule is COC(=O)[C@H](Cc1ccccc1)NC(=O)NCc1cccc(-c2cccc([C@H]3O[C@@H](CN4CCN(c5ncccn5)CC4)C[C@@H](c4ccc(CO)cc4)O3)c2)c1. The highest BCUT2D eigenvalue weighted by Gasteiger charge is 2.34. The highest BCUT2D eigenvalue weighted by atomic mass is 16.7. The van der Waals surface area contributed by atoms with E-state index in [0.29, 0.717) is 12.8 Å². The van der Waals surface area contributed by atoms with Gasteiger partial charge in [0.15, 0.2) is 6.29 Å². The molecule has 2 aliphatic heterocycles. The topological polar surface area (TPSA) is 138 Å². The predicted molar refractivity (Wildman–Crippen MR) is 212 cm³/mol. The summed E-state index contributed by atoms with van der Waals surface area (Å²) in [4.78, 5) is 38.9. The van der Waals surface area contributed by atoms with Crippen LogP contribution in [0.4, 0.5) is 10.7 Å². The zero-order chi connectivity index (χ0) is 38.7. The van der Waals surface area contributed by atoms with Crippen molar-refractivity contribution in [2.24, 2.45) is 0 Å². The predicted octanol–water partition coefficient (Wildman–Crippen LogP) is 5.59. The second-order valence-corrected chi connectivity index (χ2v) is 14.1. The van der Waals surface area contributed by atoms with Crippen LogP contribution >= 0.6 is 0 Å². The molecule has 0 unspecified atom stereocenters. The summed E-state index contributed by atoms with van der Waals surface area (Å²) in [7, 11) is 1.31. The average Bonchev–Trinajstić information content (AvgIpc) is 3.26. The van der Waals surface area contributed by atoms with E-state index in [9.17, 15) is 14.7 Å². The molecule has 290 valence electrons. The Morgan fingerprint density at radius 1 is 0.804 bits per heavy atom. The van der Waals surface area contributed by atoms with Crippen LogP contribution in [0.1, 0.15) is 46.6 Å². The second-order valence-electron chi connectivity index (χ2n) is 14.1. The van der Waals surface area contributed by atoms with Crippen molar-refractivity contribution in [3.05, 3.63) is 149 Å². The van der Waals surface area contributed by atoms with Crippen LogP contribution in [0.5, 0.6) is 0 Å². The number of amides is 2. The lowest BCUT2D eigenvalue weighted by molar-refractivity contribution is -0.253. The highest BCUT2D eigenvalue weighted by Crippen LogP contribution is 2.39. The maximum atomic E-state index is 12.9. The van der Waals surface area contributed by atoms with Crippen LogP contribution in [0.2, 0.25) is 0 Å². The van der Waals surface area contributed by atoms with Gasteiger partial charge in [0.1, 0.15) is 6.04 Å². The monoisotopic (exact) mass is 756 g/mol. The van der Waals surface area contributed by atoms with Gasteiger partial charge in [-0.05, 0) is 51.6 Å². The molecular formula is C44H48N6O6. The van der Waals surface area contributed by atoms with Gasteiger partial charge in [0.2, 0.25) is 5.95 Å². The normalized spacial score (nSPS) is 19.2. The van der Waals surface area contributed by atoms with Crippen LogP contribution in [0.25, 0.3) is 11.1 Å². The summed E-state index contributed by atoms with van der Waals surface area (Å²) in [6, 6.07) is 34.2. The number of benzene rings is 4. The Hall–Kier alpha value is -5.66. The summed E-state index contributed by atoms with van der Waals surface area (Å²) in [5.41, 5.74) is 6.59. The van der Waals surface area contributed by atoms with Crippen LogP contribution in [-0.2, 0) is 38.6 Å². The van der Waals surface area contributed by atoms with Crippen LogP contribution in [-0.4, -0.2) is 84.0 Å². The van der Waals surface area contributed by atoms with E-state index in [4.69, 9.17) is 14.2 Å². The Morgan fingerprint density at radius 2 is 1.52 bits per heavy atom. The van der Waals surface area contributed by atoms with Gasteiger partial charge in [0.25, 0.3) is 0 Å². The summed E-state index contributed by atoms with van der Waals surface area (Å²) in [6.45, 7) is 4.45. The minimum absolute atomic E-state index is 0.0119. The van der Waals surface area contributed by atoms with Crippen LogP contribution in [0.15, 0.2) is 122 Å². The summed E-state index contributed by atoms with van der Waals surface area (Å²) >= 11 is 0. The number of aliphatic hydroxyl groups is 1. The summed E-state index contributed by atoms with van der Waals surface area (Å²) in [5.74, 6) is 0.252. The molecule has 12 nitrogen and oxygen atoms in total. The highest BCUT2D eigenvalue weighted by molar-refractivity contribution is 5.83. The van der Waals surface area contributed by atoms with Crippen molar-refractivity contribution in [2.75, 3.05) is 44.7 Å². The fourth-order valence-corrected chi connectivity index (χ4v) is 7.21. The molecule has 2 aliphatic rings. The molecule has 12 heteroatoms. The molecule has 2 amide bonds. The van der Waals surface area contributed by atoms with E-state index in [2.05, 4.69) is 42.5 Å². The zero-order valence-corrected chi connectivity index (χ0v) is 31.5. The molecule has 4 aromatic carbocycles. The molecule has 3 N–H and O–H groups in total. The third-order valence-corrected chi connectivity index (χ3v) is 10.2. The van der Waals surface area contributed by atoms with E-state index in [1.54, 1.807) is 12.4 Å². The summed E-state index contributed by atoms with van der Waals surface area (Å²) < 4.78 is 18.4. The van der Waals surface area contributed by atoms with Gasteiger partial charge in [-0.2, -0.15) is 0 Å². The molecule has 56 heavy (non-hydrogen) atoms. The van der Waals surface area contributed by atoms with Crippen LogP contribution < -0.4 is 15.5 Å². The number of nitrogens with one attached hydrogen (secondary N) is 2. The fourth-order valence-electron chi connectivity index (χ4n) is 7.21. The number of hydrogen-bond donors (Lipinski definition) is 3. The number of hydrogen-bond acceptors (Lipinski definition) is 10. The zero-order valence-electron chi connectivity index (χ0n) is 31.5. The molecule has 7 rings (SSSR count). The number of carbonyl (C=O) groups is 2. The van der Waals surface area contributed by atoms with Gasteiger partial charge in [-0.1, -0.05) is 91.0 Å². The quantitative estimate of drug-likeness (QED) is 0.131. The van der Waals surface area contributed by atoms with Crippen LogP contribution in [0.3, 0.4) is 0 Å². The smallest absolute Gasteiger partial charge is 0.328 e. The molecule has 2 fully saturated rings. The second kappa shape index (κ2) is 18.8. The number of carbonyl (C=O) groups excluding carboxylic acids is 2. The standard InChI is InChI=1S/C44H48N6O6/c1-54-41(52)39(25-31-8-3-2-4-9-31)48-44(53)47-28-33-10-5-11-35(24-33)36-12-6-13-37(26-36)42-55-38(27-40(56-42)34-16-14-32(30-51)15-17-34)29-49-20-22-50(23-21-49)43-45-18-7-19-46-43/h2-19,24,26,38-40,42,51H,20-23,25,27-30H2,1H3,(H2,47,48,53)/t38-,39+,40+,42+/m1/s1. The number of methoxy groups -OCH3 is 1. The first kappa shape index (κ1) is 38.6. The molecular weight excluding hydrogens is 709 g/mol. The number of esters is 1. The van der Waals surface area contributed by atoms with Crippen molar-refractivity contribution < 1.29 is 28.9 Å². The fraction of sp³-hybridized carbons (Fsp3) is 0.318. The molecule has 0 bridgehead atoms. The van der Waals surface area contributed by atoms with Crippen molar-refractivity contribution >= 4 is 17.9 Å². The van der Waals surface area contributed by atoms with Gasteiger partial charge >= 0.3 is 12.0 Å². The first-order valence-electron chi connectivity index (χ1n) is 19.0. The molecule has 3 heterocycles. The maximum absolute atomic E-state index is 12.9. The molecule has 0 saturated carbocycles. The van der Waals surface area contributed by atoms with E-state index >= 15 is 0 Å². The number of ether oxygens (including phenoxy) is 3. The van der Waals surface area contributed by atoms with Crippen molar-refractivity contribution in [2.45, 2.75) is 50.5 Å². The van der Waals surface area contributed by atoms with E-state index in [-0.39, 0.29) is 25.4 Å². The largest absolute Gasteiger partial charge is 0.467 e. The third-order valence-electron chi connectivity index (χ3n) is 10.2. The Balaban J connectivity index is 1.02. The number of piperazine rings is 1. The Kier molecular flexibility index (Phi) is 13.0. The Morgan fingerprint density at radius 3 is 2.25 bits per heavy atom. The number of nitrogens with zero attached hydrogens (tertiary/aromatic N) is 4. The minimum atomic E-state index is -0.820. The maximum Gasteiger partial charge on any atom is 0.328 e. The number of aromatic nitrogens is 2. The summed E-state index contributed by atoms with van der Waals surface area (Å²) in [6.07, 6.45) is 3.71. The van der Waals surface area contributed by atoms with E-state index in [1.807, 2.05) is 97.1 Å². The lowest BCUT2D eigenvalue weighted by Gasteiger charge is -2.40. The van der Waals surface area contributed by atoms with Gasteiger partial charge in [0.05, 0.1) is 25.9 Å². The Bertz CT molecular complexity index is 2030. The lowest BCUT2D eigenvalue weighted by Crippen LogP contribution is -2.50. The number of rotatable bonds is 13. The first-order valence-corrected chi connectivity index (χ1v) is 19.0. The molecule has 4 atom stereocenters. The lowest BCUT2D eigenvalue weighted by atomic mass is 9.98. The molecule has 0 aliphatic carbocycles. The van der Waals surface area contributed by atoms with Gasteiger partial charge in [-0.15, -0.1) is 0 Å². The van der Waals surface area contributed by atoms with E-state index < -0.39 is 24.3 Å². The molecule has 2 saturated heterocycles. The van der Waals surface area contributed by atoms with Gasteiger partial charge in [-0.25, -0.2) is 19.6 Å². The van der Waals surface area contributed by atoms with E-state index in [0.717, 1.165) is 77.6 Å². The molecule has 5 aromatic rings. The summed E-state index contributed by atoms with van der Waals surface area (Å²) in [5, 5.41) is 15.3. The minimum Gasteiger partial charge on any atom is -0.467 e. The number of anilines is 1. The van der Waals surface area contributed by atoms with Crippen molar-refractivity contribution in [3.8, 4) is 11.1 Å². The molecule has 1 aromatic heterocycles. The Labute approximate surface area is 327 Å². The van der Waals surface area contributed by atoms with Crippen molar-refractivity contribution in [1.29, 1.82) is 0 Å². The number of aliphatic hydroxyl groups excluding tert-OH is 1.